The second kappa shape index (κ2) is 11.7. The van der Waals surface area contributed by atoms with Gasteiger partial charge < -0.3 is 29.4 Å². The van der Waals surface area contributed by atoms with Crippen LogP contribution >= 0.6 is 19.4 Å². The van der Waals surface area contributed by atoms with Crippen molar-refractivity contribution in [2.24, 2.45) is 0 Å². The van der Waals surface area contributed by atoms with Crippen LogP contribution in [-0.2, 0) is 37.1 Å². The van der Waals surface area contributed by atoms with Gasteiger partial charge in [0.2, 0.25) is 11.8 Å². The number of halogens is 1. The molecular formula is C27H33ClN5O10P. The molecule has 3 saturated heterocycles. The van der Waals surface area contributed by atoms with Crippen LogP contribution in [0.3, 0.4) is 0 Å². The molecule has 3 fully saturated rings. The van der Waals surface area contributed by atoms with Crippen molar-refractivity contribution in [1.82, 2.24) is 19.5 Å². The molecule has 0 saturated carbocycles. The molecule has 44 heavy (non-hydrogen) atoms. The topological polar surface area (TPSA) is 178 Å². The fourth-order valence-electron chi connectivity index (χ4n) is 5.34. The predicted octanol–water partition coefficient (Wildman–Crippen LogP) is 4.75. The number of methoxy groups -OCH3 is 1. The second-order valence-electron chi connectivity index (χ2n) is 11.4. The van der Waals surface area contributed by atoms with Crippen LogP contribution in [0.4, 0.5) is 10.7 Å². The quantitative estimate of drug-likeness (QED) is 0.234. The summed E-state index contributed by atoms with van der Waals surface area (Å²) in [7, 11) is -2.40. The Morgan fingerprint density at radius 3 is 2.89 bits per heavy atom. The smallest absolute Gasteiger partial charge is 0.476 e. The lowest BCUT2D eigenvalue weighted by Gasteiger charge is -2.30. The highest BCUT2D eigenvalue weighted by molar-refractivity contribution is 7.48. The summed E-state index contributed by atoms with van der Waals surface area (Å²) in [6, 6.07) is 7.06. The Morgan fingerprint density at radius 1 is 1.30 bits per heavy atom. The zero-order valence-electron chi connectivity index (χ0n) is 24.5. The summed E-state index contributed by atoms with van der Waals surface area (Å²) >= 11 is 6.13. The van der Waals surface area contributed by atoms with Crippen LogP contribution in [0.1, 0.15) is 51.5 Å². The van der Waals surface area contributed by atoms with Crippen LogP contribution in [-0.4, -0.2) is 76.0 Å². The van der Waals surface area contributed by atoms with Crippen LogP contribution in [0.25, 0.3) is 11.2 Å². The molecule has 15 nitrogen and oxygen atoms in total. The highest BCUT2D eigenvalue weighted by Crippen LogP contribution is 2.58. The number of nitrogens with two attached hydrogens (primary N) is 1. The Morgan fingerprint density at radius 2 is 2.11 bits per heavy atom. The molecule has 0 bridgehead atoms. The number of hydrogen-bond donors (Lipinski definition) is 1. The number of anilines is 1. The molecule has 0 unspecified atom stereocenters. The number of fused-ring (bicyclic) bond motifs is 2. The van der Waals surface area contributed by atoms with E-state index in [1.165, 1.54) is 6.33 Å². The first-order chi connectivity index (χ1) is 20.9. The summed E-state index contributed by atoms with van der Waals surface area (Å²) in [5.41, 5.74) is 5.50. The van der Waals surface area contributed by atoms with E-state index < -0.39 is 49.7 Å². The lowest BCUT2D eigenvalue weighted by molar-refractivity contribution is -0.0925. The average molecular weight is 654 g/mol. The van der Waals surface area contributed by atoms with Gasteiger partial charge in [-0.1, -0.05) is 23.7 Å². The molecule has 0 radical (unpaired) electrons. The van der Waals surface area contributed by atoms with Crippen molar-refractivity contribution < 1.29 is 46.6 Å². The number of benzene rings is 1. The molecule has 6 atom stereocenters. The van der Waals surface area contributed by atoms with Gasteiger partial charge in [0, 0.05) is 25.0 Å². The summed E-state index contributed by atoms with van der Waals surface area (Å²) < 4.78 is 61.0. The number of phosphoric acid groups is 1. The van der Waals surface area contributed by atoms with Crippen LogP contribution < -0.4 is 10.5 Å². The molecule has 17 heteroatoms. The lowest BCUT2D eigenvalue weighted by atomic mass is 9.96. The summed E-state index contributed by atoms with van der Waals surface area (Å²) in [6.07, 6.45) is -1.85. The van der Waals surface area contributed by atoms with Gasteiger partial charge in [0.15, 0.2) is 29.1 Å². The van der Waals surface area contributed by atoms with E-state index in [9.17, 15) is 9.36 Å². The molecule has 2 aromatic heterocycles. The number of hydrogen-bond acceptors (Lipinski definition) is 14. The van der Waals surface area contributed by atoms with Crippen molar-refractivity contribution in [2.75, 3.05) is 32.7 Å². The molecule has 1 aromatic carbocycles. The first-order valence-corrected chi connectivity index (χ1v) is 15.8. The summed E-state index contributed by atoms with van der Waals surface area (Å²) in [4.78, 5) is 25.3. The van der Waals surface area contributed by atoms with E-state index in [1.807, 2.05) is 19.9 Å². The van der Waals surface area contributed by atoms with Crippen molar-refractivity contribution in [2.45, 2.75) is 69.4 Å². The van der Waals surface area contributed by atoms with E-state index in [1.54, 1.807) is 36.8 Å². The fourth-order valence-corrected chi connectivity index (χ4v) is 6.93. The van der Waals surface area contributed by atoms with Gasteiger partial charge in [0.25, 0.3) is 0 Å². The van der Waals surface area contributed by atoms with Gasteiger partial charge in [-0.3, -0.25) is 18.1 Å². The van der Waals surface area contributed by atoms with Gasteiger partial charge in [-0.15, -0.1) is 0 Å². The molecule has 5 heterocycles. The molecule has 238 valence electrons. The Labute approximate surface area is 257 Å². The third-order valence-corrected chi connectivity index (χ3v) is 9.60. The maximum Gasteiger partial charge on any atom is 0.509 e. The standard InChI is InChI=1S/C27H33ClN5O10P/c1-26(2,36-4)9-11-37-22-19-21(31-24(29)32-22)30-14-33(19)23-27(3)20(41-25(34)42-27)18(40-23)13-39-44(35)38-10-8-17(43-44)15-6-5-7-16(28)12-15/h5-7,12,14,17-18,20,23H,8-11,13H2,1-4H3,(H2,29,31,32)/t17-,18+,20+,23+,27+,44+/m0/s1. The van der Waals surface area contributed by atoms with Crippen molar-refractivity contribution in [3.63, 3.8) is 0 Å². The normalized spacial score (nSPS) is 30.2. The Bertz CT molecular complexity index is 1610. The molecule has 0 spiro atoms. The van der Waals surface area contributed by atoms with Gasteiger partial charge in [-0.25, -0.2) is 14.3 Å². The van der Waals surface area contributed by atoms with Crippen molar-refractivity contribution in [1.29, 1.82) is 0 Å². The van der Waals surface area contributed by atoms with Crippen LogP contribution in [0, 0.1) is 0 Å². The minimum absolute atomic E-state index is 0.0321. The number of imidazole rings is 1. The number of rotatable bonds is 10. The van der Waals surface area contributed by atoms with Gasteiger partial charge >= 0.3 is 14.0 Å². The number of aromatic nitrogens is 4. The maximum absolute atomic E-state index is 13.5. The number of nitrogens with zero attached hydrogens (tertiary/aromatic N) is 4. The minimum Gasteiger partial charge on any atom is -0.476 e. The Balaban J connectivity index is 1.23. The first-order valence-electron chi connectivity index (χ1n) is 14.0. The second-order valence-corrected chi connectivity index (χ2v) is 13.4. The molecule has 2 N–H and O–H groups in total. The number of nitrogen functional groups attached to an aromatic ring is 1. The van der Waals surface area contributed by atoms with E-state index >= 15 is 0 Å². The summed E-state index contributed by atoms with van der Waals surface area (Å²) in [5, 5.41) is 0.522. The van der Waals surface area contributed by atoms with Gasteiger partial charge in [-0.2, -0.15) is 9.97 Å². The summed E-state index contributed by atoms with van der Waals surface area (Å²) in [5.74, 6) is 0.126. The van der Waals surface area contributed by atoms with Gasteiger partial charge in [0.1, 0.15) is 12.4 Å². The molecule has 6 rings (SSSR count). The molecule has 0 aliphatic carbocycles. The van der Waals surface area contributed by atoms with E-state index in [-0.39, 0.29) is 37.3 Å². The largest absolute Gasteiger partial charge is 0.509 e. The van der Waals surface area contributed by atoms with Gasteiger partial charge in [-0.05, 0) is 38.5 Å². The Hall–Kier alpha value is -3.04. The predicted molar refractivity (Wildman–Crippen MR) is 154 cm³/mol. The minimum atomic E-state index is -4.03. The Kier molecular flexibility index (Phi) is 8.24. The maximum atomic E-state index is 13.5. The third kappa shape index (κ3) is 5.97. The van der Waals surface area contributed by atoms with E-state index in [4.69, 9.17) is 54.6 Å². The number of carbonyl (C=O) groups excluding carboxylic acids is 1. The SMILES string of the molecule is COC(C)(C)CCOc1nc(N)nc2ncn([C@@H]3O[C@H](CO[P@@]4(=O)OCC[C@@H](c5cccc(Cl)c5)O4)[C@H]4OC(=O)O[C@]43C)c12. The zero-order chi connectivity index (χ0) is 31.3. The lowest BCUT2D eigenvalue weighted by Crippen LogP contribution is -2.42. The first kappa shape index (κ1) is 31.0. The van der Waals surface area contributed by atoms with Crippen LogP contribution in [0.15, 0.2) is 30.6 Å². The van der Waals surface area contributed by atoms with E-state index in [0.717, 1.165) is 5.56 Å². The van der Waals surface area contributed by atoms with Crippen molar-refractivity contribution >= 4 is 42.7 Å². The molecule has 3 aliphatic rings. The van der Waals surface area contributed by atoms with Crippen LogP contribution in [0.2, 0.25) is 5.02 Å². The number of ether oxygens (including phenoxy) is 5. The third-order valence-electron chi connectivity index (χ3n) is 7.89. The number of phosphoric ester groups is 1. The van der Waals surface area contributed by atoms with Crippen LogP contribution in [0.5, 0.6) is 5.88 Å². The molecular weight excluding hydrogens is 621 g/mol. The van der Waals surface area contributed by atoms with Crippen molar-refractivity contribution in [3.8, 4) is 5.88 Å². The van der Waals surface area contributed by atoms with E-state index in [2.05, 4.69) is 15.0 Å². The highest BCUT2D eigenvalue weighted by atomic mass is 35.5. The number of carbonyl (C=O) groups is 1. The zero-order valence-corrected chi connectivity index (χ0v) is 26.2. The monoisotopic (exact) mass is 653 g/mol. The summed E-state index contributed by atoms with van der Waals surface area (Å²) in [6.45, 7) is 5.61. The highest BCUT2D eigenvalue weighted by Gasteiger charge is 2.64. The van der Waals surface area contributed by atoms with Gasteiger partial charge in [0.05, 0.1) is 31.5 Å². The van der Waals surface area contributed by atoms with Crippen molar-refractivity contribution in [3.05, 3.63) is 41.2 Å². The molecule has 3 aliphatic heterocycles. The molecule has 3 aromatic rings. The average Bonchev–Trinajstić information content (AvgIpc) is 3.60. The van der Waals surface area contributed by atoms with E-state index in [0.29, 0.717) is 23.4 Å². The fraction of sp³-hybridized carbons (Fsp3) is 0.556. The molecule has 0 amide bonds.